The average molecular weight is 247 g/mol. The summed E-state index contributed by atoms with van der Waals surface area (Å²) in [4.78, 5) is 22.8. The van der Waals surface area contributed by atoms with Crippen LogP contribution in [0, 0.1) is 18.3 Å². The number of anilines is 1. The molecule has 6 heteroatoms. The summed E-state index contributed by atoms with van der Waals surface area (Å²) >= 11 is 0. The van der Waals surface area contributed by atoms with Crippen LogP contribution >= 0.6 is 0 Å². The molecule has 0 saturated carbocycles. The van der Waals surface area contributed by atoms with Gasteiger partial charge in [-0.05, 0) is 19.1 Å². The fourth-order valence-corrected chi connectivity index (χ4v) is 1.24. The number of carbonyl (C=O) groups excluding carboxylic acids is 2. The molecule has 0 spiro atoms. The molecule has 1 amide bonds. The first-order valence-electron chi connectivity index (χ1n) is 5.21. The Morgan fingerprint density at radius 2 is 2.22 bits per heavy atom. The second-order valence-corrected chi connectivity index (χ2v) is 3.60. The SMILES string of the molecule is Cc1ccc(N)c(C(=O)OCC(=O)NCC#N)c1. The number of nitrogens with one attached hydrogen (secondary N) is 1. The number of nitrogens with two attached hydrogens (primary N) is 1. The van der Waals surface area contributed by atoms with Crippen LogP contribution in [0.2, 0.25) is 0 Å². The van der Waals surface area contributed by atoms with Gasteiger partial charge in [-0.2, -0.15) is 5.26 Å². The van der Waals surface area contributed by atoms with Crippen LogP contribution in [0.3, 0.4) is 0 Å². The normalized spacial score (nSPS) is 9.33. The number of esters is 1. The van der Waals surface area contributed by atoms with Gasteiger partial charge in [-0.15, -0.1) is 0 Å². The number of rotatable bonds is 4. The van der Waals surface area contributed by atoms with Gasteiger partial charge in [-0.1, -0.05) is 11.6 Å². The highest BCUT2D eigenvalue weighted by atomic mass is 16.5. The molecular formula is C12H13N3O3. The van der Waals surface area contributed by atoms with Crippen molar-refractivity contribution in [2.75, 3.05) is 18.9 Å². The van der Waals surface area contributed by atoms with Gasteiger partial charge < -0.3 is 15.8 Å². The number of carbonyl (C=O) groups is 2. The monoisotopic (exact) mass is 247 g/mol. The average Bonchev–Trinajstić information content (AvgIpc) is 2.36. The molecule has 18 heavy (non-hydrogen) atoms. The van der Waals surface area contributed by atoms with E-state index in [4.69, 9.17) is 15.7 Å². The number of nitrogen functional groups attached to an aromatic ring is 1. The van der Waals surface area contributed by atoms with Crippen LogP contribution in [0.15, 0.2) is 18.2 Å². The maximum Gasteiger partial charge on any atom is 0.340 e. The Hall–Kier alpha value is -2.55. The number of nitriles is 1. The molecule has 0 fully saturated rings. The highest BCUT2D eigenvalue weighted by Gasteiger charge is 2.13. The Morgan fingerprint density at radius 3 is 2.89 bits per heavy atom. The van der Waals surface area contributed by atoms with E-state index in [2.05, 4.69) is 5.32 Å². The van der Waals surface area contributed by atoms with Gasteiger partial charge in [-0.3, -0.25) is 4.79 Å². The largest absolute Gasteiger partial charge is 0.452 e. The van der Waals surface area contributed by atoms with E-state index in [0.717, 1.165) is 5.56 Å². The zero-order valence-corrected chi connectivity index (χ0v) is 9.90. The molecule has 0 atom stereocenters. The van der Waals surface area contributed by atoms with Crippen LogP contribution in [0.1, 0.15) is 15.9 Å². The van der Waals surface area contributed by atoms with Gasteiger partial charge in [0.05, 0.1) is 11.6 Å². The van der Waals surface area contributed by atoms with E-state index in [1.54, 1.807) is 24.3 Å². The predicted octanol–water partition coefficient (Wildman–Crippen LogP) is 0.374. The van der Waals surface area contributed by atoms with E-state index in [0.29, 0.717) is 5.69 Å². The van der Waals surface area contributed by atoms with Gasteiger partial charge in [0.15, 0.2) is 6.61 Å². The van der Waals surface area contributed by atoms with Crippen molar-refractivity contribution in [3.63, 3.8) is 0 Å². The third-order valence-electron chi connectivity index (χ3n) is 2.13. The fraction of sp³-hybridized carbons (Fsp3) is 0.250. The maximum atomic E-state index is 11.6. The van der Waals surface area contributed by atoms with Crippen molar-refractivity contribution in [3.8, 4) is 6.07 Å². The summed E-state index contributed by atoms with van der Waals surface area (Å²) in [6.07, 6.45) is 0. The second kappa shape index (κ2) is 6.25. The lowest BCUT2D eigenvalue weighted by Crippen LogP contribution is -2.29. The summed E-state index contributed by atoms with van der Waals surface area (Å²) < 4.78 is 4.78. The maximum absolute atomic E-state index is 11.6. The third kappa shape index (κ3) is 3.79. The number of aryl methyl sites for hydroxylation is 1. The molecule has 0 aliphatic rings. The molecule has 6 nitrogen and oxygen atoms in total. The smallest absolute Gasteiger partial charge is 0.340 e. The Kier molecular flexibility index (Phi) is 4.69. The van der Waals surface area contributed by atoms with Crippen LogP contribution in [-0.2, 0) is 9.53 Å². The first-order chi connectivity index (χ1) is 8.54. The molecule has 0 aromatic heterocycles. The number of ether oxygens (including phenoxy) is 1. The van der Waals surface area contributed by atoms with E-state index in [1.165, 1.54) is 0 Å². The van der Waals surface area contributed by atoms with Crippen LogP contribution in [0.5, 0.6) is 0 Å². The van der Waals surface area contributed by atoms with Crippen molar-refractivity contribution < 1.29 is 14.3 Å². The Labute approximate surface area is 104 Å². The Morgan fingerprint density at radius 1 is 1.50 bits per heavy atom. The molecule has 0 saturated heterocycles. The minimum absolute atomic E-state index is 0.122. The van der Waals surface area contributed by atoms with Gasteiger partial charge in [0.2, 0.25) is 0 Å². The summed E-state index contributed by atoms with van der Waals surface area (Å²) in [6.45, 7) is 1.26. The lowest BCUT2D eigenvalue weighted by molar-refractivity contribution is -0.123. The minimum atomic E-state index is -0.664. The molecule has 0 heterocycles. The minimum Gasteiger partial charge on any atom is -0.452 e. The molecular weight excluding hydrogens is 234 g/mol. The van der Waals surface area contributed by atoms with Gasteiger partial charge in [0.25, 0.3) is 5.91 Å². The number of benzene rings is 1. The van der Waals surface area contributed by atoms with Gasteiger partial charge >= 0.3 is 5.97 Å². The second-order valence-electron chi connectivity index (χ2n) is 3.60. The standard InChI is InChI=1S/C12H13N3O3/c1-8-2-3-10(14)9(6-8)12(17)18-7-11(16)15-5-4-13/h2-3,6H,5,7,14H2,1H3,(H,15,16). The molecule has 1 aromatic rings. The Balaban J connectivity index is 2.58. The summed E-state index contributed by atoms with van der Waals surface area (Å²) in [5.41, 5.74) is 7.02. The molecule has 0 aliphatic heterocycles. The molecule has 94 valence electrons. The zero-order valence-electron chi connectivity index (χ0n) is 9.90. The molecule has 3 N–H and O–H groups in total. The molecule has 0 aliphatic carbocycles. The summed E-state index contributed by atoms with van der Waals surface area (Å²) in [5, 5.41) is 10.5. The molecule has 0 bridgehead atoms. The van der Waals surface area contributed by atoms with E-state index in [9.17, 15) is 9.59 Å². The predicted molar refractivity (Wildman–Crippen MR) is 64.5 cm³/mol. The van der Waals surface area contributed by atoms with Crippen LogP contribution in [0.4, 0.5) is 5.69 Å². The fourth-order valence-electron chi connectivity index (χ4n) is 1.24. The zero-order chi connectivity index (χ0) is 13.5. The number of hydrogen-bond donors (Lipinski definition) is 2. The molecule has 1 aromatic carbocycles. The van der Waals surface area contributed by atoms with Gasteiger partial charge in [0, 0.05) is 5.69 Å². The lowest BCUT2D eigenvalue weighted by atomic mass is 10.1. The molecule has 1 rings (SSSR count). The van der Waals surface area contributed by atoms with Crippen LogP contribution < -0.4 is 11.1 Å². The number of amides is 1. The van der Waals surface area contributed by atoms with Crippen molar-refractivity contribution >= 4 is 17.6 Å². The van der Waals surface area contributed by atoms with E-state index < -0.39 is 18.5 Å². The van der Waals surface area contributed by atoms with Crippen LogP contribution in [0.25, 0.3) is 0 Å². The highest BCUT2D eigenvalue weighted by molar-refractivity contribution is 5.96. The third-order valence-corrected chi connectivity index (χ3v) is 2.13. The summed E-state index contributed by atoms with van der Waals surface area (Å²) in [5.74, 6) is -1.19. The molecule has 0 unspecified atom stereocenters. The first-order valence-corrected chi connectivity index (χ1v) is 5.21. The number of hydrogen-bond acceptors (Lipinski definition) is 5. The quantitative estimate of drug-likeness (QED) is 0.454. The highest BCUT2D eigenvalue weighted by Crippen LogP contribution is 2.14. The van der Waals surface area contributed by atoms with Gasteiger partial charge in [0.1, 0.15) is 6.54 Å². The first kappa shape index (κ1) is 13.5. The van der Waals surface area contributed by atoms with Crippen LogP contribution in [-0.4, -0.2) is 25.0 Å². The van der Waals surface area contributed by atoms with E-state index >= 15 is 0 Å². The van der Waals surface area contributed by atoms with Crippen molar-refractivity contribution in [2.45, 2.75) is 6.92 Å². The van der Waals surface area contributed by atoms with Crippen molar-refractivity contribution in [1.82, 2.24) is 5.32 Å². The Bertz CT molecular complexity index is 506. The van der Waals surface area contributed by atoms with Crippen molar-refractivity contribution in [3.05, 3.63) is 29.3 Å². The molecule has 0 radical (unpaired) electrons. The van der Waals surface area contributed by atoms with Crippen molar-refractivity contribution in [2.24, 2.45) is 0 Å². The van der Waals surface area contributed by atoms with E-state index in [1.807, 2.05) is 6.92 Å². The topological polar surface area (TPSA) is 105 Å². The van der Waals surface area contributed by atoms with Crippen molar-refractivity contribution in [1.29, 1.82) is 5.26 Å². The summed E-state index contributed by atoms with van der Waals surface area (Å²) in [6, 6.07) is 6.70. The summed E-state index contributed by atoms with van der Waals surface area (Å²) in [7, 11) is 0. The lowest BCUT2D eigenvalue weighted by Gasteiger charge is -2.07. The van der Waals surface area contributed by atoms with E-state index in [-0.39, 0.29) is 12.1 Å². The number of nitrogens with zero attached hydrogens (tertiary/aromatic N) is 1. The van der Waals surface area contributed by atoms with Gasteiger partial charge in [-0.25, -0.2) is 4.79 Å².